The Bertz CT molecular complexity index is 849. The molecule has 6 nitrogen and oxygen atoms in total. The lowest BCUT2D eigenvalue weighted by Gasteiger charge is -2.25. The lowest BCUT2D eigenvalue weighted by molar-refractivity contribution is -0.122. The lowest BCUT2D eigenvalue weighted by atomic mass is 10.1. The number of carbonyl (C=O) groups excluding carboxylic acids is 1. The first kappa shape index (κ1) is 22.1. The zero-order valence-corrected chi connectivity index (χ0v) is 18.0. The summed E-state index contributed by atoms with van der Waals surface area (Å²) in [5, 5.41) is 4.77. The fourth-order valence-electron chi connectivity index (χ4n) is 3.27. The number of nitrogens with one attached hydrogen (secondary N) is 1. The molecule has 2 aromatic carbocycles. The van der Waals surface area contributed by atoms with Gasteiger partial charge in [-0.1, -0.05) is 30.2 Å². The van der Waals surface area contributed by atoms with Gasteiger partial charge in [-0.2, -0.15) is 5.10 Å². The second-order valence-corrected chi connectivity index (χ2v) is 7.62. The summed E-state index contributed by atoms with van der Waals surface area (Å²) in [6.45, 7) is 5.20. The summed E-state index contributed by atoms with van der Waals surface area (Å²) < 4.78 is 11.6. The number of rotatable bonds is 9. The van der Waals surface area contributed by atoms with Crippen molar-refractivity contribution >= 4 is 23.7 Å². The van der Waals surface area contributed by atoms with Crippen molar-refractivity contribution in [2.24, 2.45) is 5.10 Å². The first-order chi connectivity index (χ1) is 14.6. The van der Waals surface area contributed by atoms with E-state index >= 15 is 0 Å². The molecule has 0 spiro atoms. The highest BCUT2D eigenvalue weighted by molar-refractivity contribution is 6.30. The molecule has 2 aromatic rings. The molecule has 1 aliphatic heterocycles. The van der Waals surface area contributed by atoms with Gasteiger partial charge in [-0.25, -0.2) is 5.43 Å². The van der Waals surface area contributed by atoms with Gasteiger partial charge < -0.3 is 9.47 Å². The van der Waals surface area contributed by atoms with Crippen LogP contribution < -0.4 is 14.9 Å². The molecule has 0 aromatic heterocycles. The van der Waals surface area contributed by atoms with Crippen LogP contribution >= 0.6 is 11.6 Å². The van der Waals surface area contributed by atoms with Crippen molar-refractivity contribution in [3.8, 4) is 11.5 Å². The maximum Gasteiger partial charge on any atom is 0.254 e. The molecule has 0 unspecified atom stereocenters. The summed E-state index contributed by atoms with van der Waals surface area (Å²) >= 11 is 5.92. The van der Waals surface area contributed by atoms with Gasteiger partial charge in [0.25, 0.3) is 5.91 Å². The maximum atomic E-state index is 12.0. The van der Waals surface area contributed by atoms with Crippen molar-refractivity contribution in [2.45, 2.75) is 32.8 Å². The van der Waals surface area contributed by atoms with Gasteiger partial charge in [0.2, 0.25) is 0 Å². The van der Waals surface area contributed by atoms with Crippen LogP contribution in [0.3, 0.4) is 0 Å². The third-order valence-corrected chi connectivity index (χ3v) is 5.05. The van der Waals surface area contributed by atoms with Gasteiger partial charge in [0.15, 0.2) is 11.5 Å². The number of ether oxygens (including phenoxy) is 2. The Balaban J connectivity index is 1.55. The van der Waals surface area contributed by atoms with E-state index in [4.69, 9.17) is 21.1 Å². The van der Waals surface area contributed by atoms with E-state index in [1.807, 2.05) is 49.4 Å². The molecule has 0 radical (unpaired) electrons. The molecule has 0 saturated carbocycles. The smallest absolute Gasteiger partial charge is 0.254 e. The first-order valence-corrected chi connectivity index (χ1v) is 10.7. The molecule has 30 heavy (non-hydrogen) atoms. The third kappa shape index (κ3) is 7.04. The highest BCUT2D eigenvalue weighted by Crippen LogP contribution is 2.29. The lowest BCUT2D eigenvalue weighted by Crippen LogP contribution is -2.38. The Hall–Kier alpha value is -2.57. The van der Waals surface area contributed by atoms with E-state index in [1.54, 1.807) is 6.21 Å². The molecule has 1 aliphatic rings. The highest BCUT2D eigenvalue weighted by atomic mass is 35.5. The van der Waals surface area contributed by atoms with E-state index in [9.17, 15) is 4.79 Å². The average molecular weight is 430 g/mol. The van der Waals surface area contributed by atoms with Crippen molar-refractivity contribution in [2.75, 3.05) is 26.2 Å². The number of benzene rings is 2. The number of carbonyl (C=O) groups is 1. The number of hydrogen-bond donors (Lipinski definition) is 1. The second kappa shape index (κ2) is 11.6. The summed E-state index contributed by atoms with van der Waals surface area (Å²) in [5.74, 6) is 1.19. The zero-order valence-electron chi connectivity index (χ0n) is 17.3. The standard InChI is InChI=1S/C23H28ClN3O3/c1-2-29-22-14-19(15-25-26-23(28)16-27-12-4-3-5-13-27)8-11-21(22)30-17-18-6-9-20(24)10-7-18/h6-11,14-15H,2-5,12-13,16-17H2,1H3,(H,26,28). The molecule has 0 atom stereocenters. The van der Waals surface area contributed by atoms with Gasteiger partial charge in [0.1, 0.15) is 6.61 Å². The van der Waals surface area contributed by atoms with Gasteiger partial charge in [0, 0.05) is 5.02 Å². The van der Waals surface area contributed by atoms with Gasteiger partial charge in [-0.3, -0.25) is 9.69 Å². The summed E-state index contributed by atoms with van der Waals surface area (Å²) in [6, 6.07) is 13.1. The summed E-state index contributed by atoms with van der Waals surface area (Å²) in [5.41, 5.74) is 4.43. The van der Waals surface area contributed by atoms with Crippen LogP contribution in [0.4, 0.5) is 0 Å². The number of halogens is 1. The van der Waals surface area contributed by atoms with Crippen molar-refractivity contribution < 1.29 is 14.3 Å². The Morgan fingerprint density at radius 1 is 1.10 bits per heavy atom. The first-order valence-electron chi connectivity index (χ1n) is 10.3. The van der Waals surface area contributed by atoms with Gasteiger partial charge >= 0.3 is 0 Å². The fourth-order valence-corrected chi connectivity index (χ4v) is 3.39. The van der Waals surface area contributed by atoms with Gasteiger partial charge in [0.05, 0.1) is 19.4 Å². The maximum absolute atomic E-state index is 12.0. The van der Waals surface area contributed by atoms with Gasteiger partial charge in [-0.15, -0.1) is 0 Å². The van der Waals surface area contributed by atoms with Crippen LogP contribution in [0.2, 0.25) is 5.02 Å². The minimum Gasteiger partial charge on any atom is -0.490 e. The monoisotopic (exact) mass is 429 g/mol. The summed E-state index contributed by atoms with van der Waals surface area (Å²) in [6.07, 6.45) is 5.17. The second-order valence-electron chi connectivity index (χ2n) is 7.18. The Morgan fingerprint density at radius 2 is 1.87 bits per heavy atom. The molecular weight excluding hydrogens is 402 g/mol. The number of nitrogens with zero attached hydrogens (tertiary/aromatic N) is 2. The van der Waals surface area contributed by atoms with Gasteiger partial charge in [-0.05, 0) is 74.3 Å². The number of hydrogen-bond acceptors (Lipinski definition) is 5. The molecule has 160 valence electrons. The molecule has 1 saturated heterocycles. The normalized spacial score (nSPS) is 14.6. The molecule has 1 fully saturated rings. The van der Waals surface area contributed by atoms with Crippen LogP contribution in [0.25, 0.3) is 0 Å². The van der Waals surface area contributed by atoms with Crippen LogP contribution in [0, 0.1) is 0 Å². The Labute approximate surface area is 182 Å². The van der Waals surface area contributed by atoms with Crippen LogP contribution in [0.1, 0.15) is 37.3 Å². The SMILES string of the molecule is CCOc1cc(C=NNC(=O)CN2CCCCC2)ccc1OCc1ccc(Cl)cc1. The van der Waals surface area contributed by atoms with Crippen molar-refractivity contribution in [3.05, 3.63) is 58.6 Å². The molecule has 7 heteroatoms. The van der Waals surface area contributed by atoms with E-state index in [0.29, 0.717) is 36.3 Å². The van der Waals surface area contributed by atoms with Crippen LogP contribution in [0.15, 0.2) is 47.6 Å². The topological polar surface area (TPSA) is 63.2 Å². The predicted octanol–water partition coefficient (Wildman–Crippen LogP) is 4.25. The van der Waals surface area contributed by atoms with E-state index in [0.717, 1.165) is 37.1 Å². The Morgan fingerprint density at radius 3 is 2.60 bits per heavy atom. The van der Waals surface area contributed by atoms with E-state index in [2.05, 4.69) is 15.4 Å². The molecule has 1 amide bonds. The van der Waals surface area contributed by atoms with E-state index in [1.165, 1.54) is 6.42 Å². The minimum atomic E-state index is -0.0962. The summed E-state index contributed by atoms with van der Waals surface area (Å²) in [4.78, 5) is 14.2. The van der Waals surface area contributed by atoms with Crippen LogP contribution in [-0.2, 0) is 11.4 Å². The van der Waals surface area contributed by atoms with Crippen molar-refractivity contribution in [1.29, 1.82) is 0 Å². The van der Waals surface area contributed by atoms with Crippen molar-refractivity contribution in [3.63, 3.8) is 0 Å². The number of hydrazone groups is 1. The Kier molecular flexibility index (Phi) is 8.53. The zero-order chi connectivity index (χ0) is 21.2. The van der Waals surface area contributed by atoms with Crippen molar-refractivity contribution in [1.82, 2.24) is 10.3 Å². The molecule has 3 rings (SSSR count). The highest BCUT2D eigenvalue weighted by Gasteiger charge is 2.13. The number of amides is 1. The predicted molar refractivity (Wildman–Crippen MR) is 119 cm³/mol. The summed E-state index contributed by atoms with van der Waals surface area (Å²) in [7, 11) is 0. The van der Waals surface area contributed by atoms with E-state index < -0.39 is 0 Å². The van der Waals surface area contributed by atoms with Crippen LogP contribution in [0.5, 0.6) is 11.5 Å². The number of likely N-dealkylation sites (tertiary alicyclic amines) is 1. The molecule has 0 aliphatic carbocycles. The molecule has 1 heterocycles. The van der Waals surface area contributed by atoms with E-state index in [-0.39, 0.29) is 5.91 Å². The van der Waals surface area contributed by atoms with Crippen LogP contribution in [-0.4, -0.2) is 43.3 Å². The minimum absolute atomic E-state index is 0.0962. The molecular formula is C23H28ClN3O3. The third-order valence-electron chi connectivity index (χ3n) is 4.79. The fraction of sp³-hybridized carbons (Fsp3) is 0.391. The molecule has 0 bridgehead atoms. The largest absolute Gasteiger partial charge is 0.490 e. The quantitative estimate of drug-likeness (QED) is 0.478. The molecule has 1 N–H and O–H groups in total. The average Bonchev–Trinajstić information content (AvgIpc) is 2.75. The number of piperidine rings is 1.